The van der Waals surface area contributed by atoms with Gasteiger partial charge in [0.15, 0.2) is 5.83 Å². The Morgan fingerprint density at radius 2 is 1.80 bits per heavy atom. The second kappa shape index (κ2) is 7.35. The van der Waals surface area contributed by atoms with Crippen LogP contribution < -0.4 is 0 Å². The van der Waals surface area contributed by atoms with Gasteiger partial charge in [-0.2, -0.15) is 22.0 Å². The molecule has 1 saturated carbocycles. The Morgan fingerprint density at radius 1 is 1.28 bits per heavy atom. The van der Waals surface area contributed by atoms with Crippen LogP contribution in [-0.4, -0.2) is 24.2 Å². The van der Waals surface area contributed by atoms with Crippen molar-refractivity contribution in [2.24, 2.45) is 17.3 Å². The van der Waals surface area contributed by atoms with Crippen LogP contribution in [0.3, 0.4) is 0 Å². The molecule has 1 rings (SSSR count). The van der Waals surface area contributed by atoms with E-state index in [1.807, 2.05) is 0 Å². The summed E-state index contributed by atoms with van der Waals surface area (Å²) in [5.41, 5.74) is -0.570. The molecule has 0 spiro atoms. The van der Waals surface area contributed by atoms with Crippen LogP contribution in [0.1, 0.15) is 13.8 Å². The Bertz CT molecular complexity index is 641. The van der Waals surface area contributed by atoms with E-state index >= 15 is 0 Å². The maximum atomic E-state index is 13.7. The van der Waals surface area contributed by atoms with Crippen molar-refractivity contribution in [2.45, 2.75) is 32.1 Å². The van der Waals surface area contributed by atoms with Gasteiger partial charge in [0, 0.05) is 6.08 Å². The molecule has 0 aromatic carbocycles. The van der Waals surface area contributed by atoms with Crippen molar-refractivity contribution in [1.29, 1.82) is 0 Å². The lowest BCUT2D eigenvalue weighted by Crippen LogP contribution is -2.35. The van der Waals surface area contributed by atoms with Crippen LogP contribution in [0.4, 0.5) is 26.3 Å². The fraction of sp³-hybridized carbons (Fsp3) is 0.533. The van der Waals surface area contributed by atoms with Gasteiger partial charge in [-0.25, -0.2) is 4.39 Å². The summed E-state index contributed by atoms with van der Waals surface area (Å²) in [6.07, 6.45) is -2.72. The highest BCUT2D eigenvalue weighted by Gasteiger charge is 2.62. The van der Waals surface area contributed by atoms with Gasteiger partial charge in [-0.05, 0) is 43.2 Å². The van der Waals surface area contributed by atoms with Crippen LogP contribution in [0.25, 0.3) is 0 Å². The average molecular weight is 498 g/mol. The molecule has 0 aromatic heterocycles. The summed E-state index contributed by atoms with van der Waals surface area (Å²) in [4.78, 5) is 12.1. The van der Waals surface area contributed by atoms with Gasteiger partial charge < -0.3 is 4.74 Å². The number of terminal acetylenes is 1. The van der Waals surface area contributed by atoms with Crippen molar-refractivity contribution in [3.8, 4) is 12.3 Å². The van der Waals surface area contributed by atoms with Crippen LogP contribution in [0, 0.1) is 29.6 Å². The number of hydrogen-bond donors (Lipinski definition) is 0. The molecule has 1 aliphatic carbocycles. The Kier molecular flexibility index (Phi) is 6.49. The van der Waals surface area contributed by atoms with Crippen LogP contribution in [0.5, 0.6) is 0 Å². The SMILES string of the molecule is C#CC(OC(=O)C1C(C=C(Br)Br)C1(C)C)C(F)=CC(F)(F)C(F)(F)F. The summed E-state index contributed by atoms with van der Waals surface area (Å²) in [7, 11) is 0. The Balaban J connectivity index is 2.92. The van der Waals surface area contributed by atoms with Gasteiger partial charge in [0.05, 0.1) is 9.31 Å². The number of rotatable bonds is 5. The van der Waals surface area contributed by atoms with E-state index in [2.05, 4.69) is 36.6 Å². The van der Waals surface area contributed by atoms with Gasteiger partial charge in [0.2, 0.25) is 6.10 Å². The molecule has 0 aromatic rings. The quantitative estimate of drug-likeness (QED) is 0.285. The first-order valence-corrected chi connectivity index (χ1v) is 8.26. The van der Waals surface area contributed by atoms with Crippen LogP contribution in [-0.2, 0) is 9.53 Å². The Labute approximate surface area is 156 Å². The molecule has 0 radical (unpaired) electrons. The summed E-state index contributed by atoms with van der Waals surface area (Å²) in [6, 6.07) is 0. The fourth-order valence-corrected chi connectivity index (χ4v) is 2.83. The molecule has 0 saturated heterocycles. The van der Waals surface area contributed by atoms with E-state index in [0.717, 1.165) is 0 Å². The summed E-state index contributed by atoms with van der Waals surface area (Å²) < 4.78 is 80.8. The van der Waals surface area contributed by atoms with Crippen molar-refractivity contribution in [3.05, 3.63) is 21.4 Å². The molecule has 0 bridgehead atoms. The highest BCUT2D eigenvalue weighted by Crippen LogP contribution is 2.60. The summed E-state index contributed by atoms with van der Waals surface area (Å²) in [5, 5.41) is 0. The Hall–Kier alpha value is -0.950. The largest absolute Gasteiger partial charge is 0.457 e. The first kappa shape index (κ1) is 22.1. The van der Waals surface area contributed by atoms with Crippen LogP contribution in [0.2, 0.25) is 0 Å². The fourth-order valence-electron chi connectivity index (χ4n) is 2.26. The number of carbonyl (C=O) groups excluding carboxylic acids is 1. The van der Waals surface area contributed by atoms with E-state index in [4.69, 9.17) is 6.42 Å². The number of carbonyl (C=O) groups is 1. The highest BCUT2D eigenvalue weighted by atomic mass is 79.9. The molecule has 10 heteroatoms. The first-order chi connectivity index (χ1) is 11.1. The van der Waals surface area contributed by atoms with Crippen molar-refractivity contribution < 1.29 is 35.9 Å². The highest BCUT2D eigenvalue weighted by molar-refractivity contribution is 9.28. The topological polar surface area (TPSA) is 26.3 Å². The lowest BCUT2D eigenvalue weighted by Gasteiger charge is -2.17. The zero-order valence-corrected chi connectivity index (χ0v) is 16.0. The minimum atomic E-state index is -6.00. The maximum absolute atomic E-state index is 13.7. The number of allylic oxidation sites excluding steroid dienone is 2. The molecule has 0 heterocycles. The van der Waals surface area contributed by atoms with Crippen molar-refractivity contribution >= 4 is 37.8 Å². The number of halogens is 8. The molecule has 2 nitrogen and oxygen atoms in total. The van der Waals surface area contributed by atoms with Crippen LogP contribution >= 0.6 is 31.9 Å². The molecule has 140 valence electrons. The summed E-state index contributed by atoms with van der Waals surface area (Å²) in [6.45, 7) is 3.41. The standard InChI is InChI=1S/C15H12Br2F6O2/c1-4-9(8(18)6-14(19,20)15(21,22)23)25-12(24)11-7(5-10(16)17)13(11,2)3/h1,5-7,9,11H,2-3H3. The van der Waals surface area contributed by atoms with Gasteiger partial charge in [-0.3, -0.25) is 4.79 Å². The van der Waals surface area contributed by atoms with Gasteiger partial charge in [0.1, 0.15) is 0 Å². The minimum Gasteiger partial charge on any atom is -0.441 e. The molecule has 1 fully saturated rings. The molecular formula is C15H12Br2F6O2. The predicted octanol–water partition coefficient (Wildman–Crippen LogP) is 5.49. The predicted molar refractivity (Wildman–Crippen MR) is 85.6 cm³/mol. The molecular weight excluding hydrogens is 486 g/mol. The Morgan fingerprint density at radius 3 is 2.20 bits per heavy atom. The molecule has 3 unspecified atom stereocenters. The second-order valence-electron chi connectivity index (χ2n) is 5.91. The van der Waals surface area contributed by atoms with Gasteiger partial charge in [-0.1, -0.05) is 25.8 Å². The lowest BCUT2D eigenvalue weighted by atomic mass is 10.1. The molecule has 0 N–H and O–H groups in total. The van der Waals surface area contributed by atoms with E-state index < -0.39 is 47.4 Å². The van der Waals surface area contributed by atoms with E-state index in [0.29, 0.717) is 3.39 Å². The minimum absolute atomic E-state index is 0.309. The molecule has 0 amide bonds. The van der Waals surface area contributed by atoms with Crippen molar-refractivity contribution in [2.75, 3.05) is 0 Å². The normalized spacial score (nSPS) is 24.1. The maximum Gasteiger partial charge on any atom is 0.457 e. The van der Waals surface area contributed by atoms with Crippen LogP contribution in [0.15, 0.2) is 21.4 Å². The number of alkyl halides is 5. The van der Waals surface area contributed by atoms with E-state index in [1.165, 1.54) is 0 Å². The van der Waals surface area contributed by atoms with Gasteiger partial charge in [0.25, 0.3) is 0 Å². The number of ether oxygens (including phenoxy) is 1. The molecule has 25 heavy (non-hydrogen) atoms. The summed E-state index contributed by atoms with van der Waals surface area (Å²) in [5.74, 6) is -8.00. The third-order valence-electron chi connectivity index (χ3n) is 3.80. The van der Waals surface area contributed by atoms with E-state index in [9.17, 15) is 31.1 Å². The summed E-state index contributed by atoms with van der Waals surface area (Å²) >= 11 is 6.23. The van der Waals surface area contributed by atoms with E-state index in [-0.39, 0.29) is 5.92 Å². The third kappa shape index (κ3) is 5.03. The van der Waals surface area contributed by atoms with Gasteiger partial charge in [-0.15, -0.1) is 6.42 Å². The monoisotopic (exact) mass is 496 g/mol. The lowest BCUT2D eigenvalue weighted by molar-refractivity contribution is -0.259. The average Bonchev–Trinajstić information content (AvgIpc) is 2.94. The zero-order valence-electron chi connectivity index (χ0n) is 12.8. The number of hydrogen-bond acceptors (Lipinski definition) is 2. The molecule has 3 atom stereocenters. The van der Waals surface area contributed by atoms with Gasteiger partial charge >= 0.3 is 18.1 Å². The van der Waals surface area contributed by atoms with Crippen molar-refractivity contribution in [3.63, 3.8) is 0 Å². The number of esters is 1. The molecule has 0 aliphatic heterocycles. The zero-order chi connectivity index (χ0) is 19.8. The van der Waals surface area contributed by atoms with Crippen molar-refractivity contribution in [1.82, 2.24) is 0 Å². The third-order valence-corrected chi connectivity index (χ3v) is 4.33. The second-order valence-corrected chi connectivity index (χ2v) is 8.69. The molecule has 1 aliphatic rings. The first-order valence-electron chi connectivity index (χ1n) is 6.67. The smallest absolute Gasteiger partial charge is 0.441 e. The van der Waals surface area contributed by atoms with E-state index in [1.54, 1.807) is 25.8 Å².